The average Bonchev–Trinajstić information content (AvgIpc) is 3.50. The monoisotopic (exact) mass is 634 g/mol. The van der Waals surface area contributed by atoms with Crippen molar-refractivity contribution in [2.75, 3.05) is 26.4 Å². The minimum absolute atomic E-state index is 0.00825. The summed E-state index contributed by atoms with van der Waals surface area (Å²) >= 11 is 0. The molecule has 3 aromatic carbocycles. The van der Waals surface area contributed by atoms with E-state index in [-0.39, 0.29) is 55.5 Å². The van der Waals surface area contributed by atoms with Crippen molar-refractivity contribution >= 4 is 23.9 Å². The molecule has 2 amide bonds. The van der Waals surface area contributed by atoms with E-state index in [0.717, 1.165) is 16.2 Å². The number of nitriles is 1. The van der Waals surface area contributed by atoms with E-state index in [0.29, 0.717) is 22.6 Å². The summed E-state index contributed by atoms with van der Waals surface area (Å²) in [6.07, 6.45) is 3.40. The third-order valence-electron chi connectivity index (χ3n) is 7.31. The van der Waals surface area contributed by atoms with Gasteiger partial charge in [0.2, 0.25) is 0 Å². The summed E-state index contributed by atoms with van der Waals surface area (Å²) in [5, 5.41) is 14.7. The first-order valence-corrected chi connectivity index (χ1v) is 14.8. The zero-order chi connectivity index (χ0) is 33.3. The number of ether oxygens (including phenoxy) is 3. The van der Waals surface area contributed by atoms with Crippen LogP contribution in [0.15, 0.2) is 102 Å². The van der Waals surface area contributed by atoms with Gasteiger partial charge in [0.05, 0.1) is 25.4 Å². The lowest BCUT2D eigenvalue weighted by Gasteiger charge is -2.27. The summed E-state index contributed by atoms with van der Waals surface area (Å²) < 4.78 is 31.3. The standard InChI is InChI=1S/C36H31FN4O6/c1-24-32(35(43)40(36(44)33(24)21-38)15-16-45-17-18-46-25(2)42)20-28-22-41(30-8-4-3-5-9-30)39-34(28)27-7-6-10-31(19-27)47-23-26-11-13-29(37)14-12-26/h3-14,19-20,22H,15-18,23H2,1-2H3/b32-20+. The molecule has 0 spiro atoms. The number of hydrogen-bond donors (Lipinski definition) is 0. The molecular formula is C36H31FN4O6. The van der Waals surface area contributed by atoms with Gasteiger partial charge in [-0.2, -0.15) is 10.4 Å². The van der Waals surface area contributed by atoms with Gasteiger partial charge in [-0.3, -0.25) is 19.3 Å². The highest BCUT2D eigenvalue weighted by atomic mass is 19.1. The molecule has 1 aliphatic heterocycles. The van der Waals surface area contributed by atoms with E-state index in [1.807, 2.05) is 54.6 Å². The molecule has 0 N–H and O–H groups in total. The maximum Gasteiger partial charge on any atom is 0.302 e. The van der Waals surface area contributed by atoms with Crippen molar-refractivity contribution in [3.8, 4) is 28.8 Å². The molecule has 0 aliphatic carbocycles. The van der Waals surface area contributed by atoms with Crippen molar-refractivity contribution in [1.29, 1.82) is 5.26 Å². The Morgan fingerprint density at radius 2 is 1.74 bits per heavy atom. The van der Waals surface area contributed by atoms with Crippen molar-refractivity contribution in [3.05, 3.63) is 119 Å². The highest BCUT2D eigenvalue weighted by molar-refractivity contribution is 6.19. The molecule has 1 aliphatic rings. The fourth-order valence-electron chi connectivity index (χ4n) is 4.90. The Morgan fingerprint density at radius 1 is 0.979 bits per heavy atom. The van der Waals surface area contributed by atoms with Gasteiger partial charge < -0.3 is 14.2 Å². The van der Waals surface area contributed by atoms with E-state index in [1.165, 1.54) is 19.1 Å². The zero-order valence-electron chi connectivity index (χ0n) is 25.8. The van der Waals surface area contributed by atoms with Gasteiger partial charge in [-0.1, -0.05) is 42.5 Å². The SMILES string of the molecule is CC(=O)OCCOCCN1C(=O)C(C#N)=C(C)/C(=C\c2cn(-c3ccccc3)nc2-c2cccc(OCc3ccc(F)cc3)c2)C1=O. The number of imide groups is 1. The number of hydrogen-bond acceptors (Lipinski definition) is 8. The molecule has 0 atom stereocenters. The van der Waals surface area contributed by atoms with Gasteiger partial charge in [-0.25, -0.2) is 9.07 Å². The summed E-state index contributed by atoms with van der Waals surface area (Å²) in [5.74, 6) is -1.50. The minimum Gasteiger partial charge on any atom is -0.489 e. The van der Waals surface area contributed by atoms with E-state index in [9.17, 15) is 24.0 Å². The first-order chi connectivity index (χ1) is 22.7. The van der Waals surface area contributed by atoms with Crippen molar-refractivity contribution in [1.82, 2.24) is 14.7 Å². The second kappa shape index (κ2) is 14.9. The van der Waals surface area contributed by atoms with Crippen molar-refractivity contribution in [3.63, 3.8) is 0 Å². The van der Waals surface area contributed by atoms with Gasteiger partial charge >= 0.3 is 5.97 Å². The molecule has 0 unspecified atom stereocenters. The Morgan fingerprint density at radius 3 is 2.47 bits per heavy atom. The van der Waals surface area contributed by atoms with Crippen LogP contribution in [0.3, 0.4) is 0 Å². The smallest absolute Gasteiger partial charge is 0.302 e. The molecule has 10 nitrogen and oxygen atoms in total. The van der Waals surface area contributed by atoms with Crippen LogP contribution in [0, 0.1) is 17.1 Å². The minimum atomic E-state index is -0.707. The Hall–Kier alpha value is -5.86. The number of carbonyl (C=O) groups is 3. The van der Waals surface area contributed by atoms with Gasteiger partial charge in [0.15, 0.2) is 0 Å². The van der Waals surface area contributed by atoms with Gasteiger partial charge in [0, 0.05) is 29.8 Å². The van der Waals surface area contributed by atoms with Crippen LogP contribution in [0.1, 0.15) is 25.0 Å². The predicted molar refractivity (Wildman–Crippen MR) is 170 cm³/mol. The van der Waals surface area contributed by atoms with Crippen molar-refractivity contribution in [2.45, 2.75) is 20.5 Å². The maximum absolute atomic E-state index is 13.7. The van der Waals surface area contributed by atoms with Crippen LogP contribution in [-0.2, 0) is 30.5 Å². The summed E-state index contributed by atoms with van der Waals surface area (Å²) in [4.78, 5) is 38.8. The lowest BCUT2D eigenvalue weighted by molar-refractivity contribution is -0.142. The van der Waals surface area contributed by atoms with E-state index in [2.05, 4.69) is 0 Å². The molecule has 0 saturated heterocycles. The highest BCUT2D eigenvalue weighted by Crippen LogP contribution is 2.32. The molecule has 11 heteroatoms. The normalized spacial score (nSPS) is 14.0. The fourth-order valence-corrected chi connectivity index (χ4v) is 4.90. The Labute approximate surface area is 270 Å². The largest absolute Gasteiger partial charge is 0.489 e. The third-order valence-corrected chi connectivity index (χ3v) is 7.31. The number of benzene rings is 3. The molecule has 2 heterocycles. The van der Waals surface area contributed by atoms with Crippen molar-refractivity contribution in [2.24, 2.45) is 0 Å². The van der Waals surface area contributed by atoms with Crippen LogP contribution in [0.4, 0.5) is 4.39 Å². The van der Waals surface area contributed by atoms with E-state index in [4.69, 9.17) is 19.3 Å². The number of amides is 2. The number of aromatic nitrogens is 2. The molecule has 4 aromatic rings. The van der Waals surface area contributed by atoms with Crippen LogP contribution >= 0.6 is 0 Å². The first kappa shape index (κ1) is 32.5. The summed E-state index contributed by atoms with van der Waals surface area (Å²) in [7, 11) is 0. The van der Waals surface area contributed by atoms with Crippen LogP contribution in [0.5, 0.6) is 5.75 Å². The number of halogens is 1. The Kier molecular flexibility index (Phi) is 10.3. The Balaban J connectivity index is 1.48. The molecule has 238 valence electrons. The molecule has 0 radical (unpaired) electrons. The topological polar surface area (TPSA) is 124 Å². The summed E-state index contributed by atoms with van der Waals surface area (Å²) in [5.41, 5.74) is 3.65. The lowest BCUT2D eigenvalue weighted by Crippen LogP contribution is -2.44. The second-order valence-electron chi connectivity index (χ2n) is 10.5. The quantitative estimate of drug-likeness (QED) is 0.0875. The fraction of sp³-hybridized carbons (Fsp3) is 0.194. The van der Waals surface area contributed by atoms with E-state index >= 15 is 0 Å². The molecule has 0 saturated carbocycles. The van der Waals surface area contributed by atoms with Crippen molar-refractivity contribution < 1.29 is 33.0 Å². The maximum atomic E-state index is 13.7. The van der Waals surface area contributed by atoms with E-state index in [1.54, 1.807) is 42.1 Å². The predicted octanol–water partition coefficient (Wildman–Crippen LogP) is 5.43. The van der Waals surface area contributed by atoms with Crippen LogP contribution in [0.2, 0.25) is 0 Å². The second-order valence-corrected chi connectivity index (χ2v) is 10.5. The number of nitrogens with zero attached hydrogens (tertiary/aromatic N) is 4. The molecule has 5 rings (SSSR count). The average molecular weight is 635 g/mol. The zero-order valence-corrected chi connectivity index (χ0v) is 25.8. The molecule has 0 fully saturated rings. The van der Waals surface area contributed by atoms with E-state index < -0.39 is 17.8 Å². The number of esters is 1. The third kappa shape index (κ3) is 7.87. The Bertz CT molecular complexity index is 1890. The highest BCUT2D eigenvalue weighted by Gasteiger charge is 2.35. The lowest BCUT2D eigenvalue weighted by atomic mass is 9.93. The van der Waals surface area contributed by atoms with Gasteiger partial charge in [0.25, 0.3) is 11.8 Å². The molecule has 0 bridgehead atoms. The van der Waals surface area contributed by atoms with Gasteiger partial charge in [-0.15, -0.1) is 0 Å². The first-order valence-electron chi connectivity index (χ1n) is 14.8. The number of para-hydroxylation sites is 1. The summed E-state index contributed by atoms with van der Waals surface area (Å²) in [6, 6.07) is 24.7. The number of rotatable bonds is 12. The van der Waals surface area contributed by atoms with Crippen LogP contribution in [0.25, 0.3) is 23.0 Å². The molecule has 47 heavy (non-hydrogen) atoms. The van der Waals surface area contributed by atoms with Gasteiger partial charge in [0.1, 0.15) is 42.1 Å². The van der Waals surface area contributed by atoms with Crippen LogP contribution < -0.4 is 4.74 Å². The van der Waals surface area contributed by atoms with Crippen LogP contribution in [-0.4, -0.2) is 58.8 Å². The summed E-state index contributed by atoms with van der Waals surface area (Å²) in [6.45, 7) is 3.10. The molecule has 1 aromatic heterocycles. The number of carbonyl (C=O) groups excluding carboxylic acids is 3. The molecular weight excluding hydrogens is 603 g/mol. The van der Waals surface area contributed by atoms with Gasteiger partial charge in [-0.05, 0) is 60.5 Å².